The van der Waals surface area contributed by atoms with Crippen LogP contribution in [0, 0.1) is 10.1 Å². The fourth-order valence-electron chi connectivity index (χ4n) is 2.00. The maximum Gasteiger partial charge on any atom is 0.289 e. The van der Waals surface area contributed by atoms with Gasteiger partial charge in [0, 0.05) is 17.8 Å². The number of nitro benzene ring substituents is 1. The molecule has 1 aliphatic rings. The molecule has 0 unspecified atom stereocenters. The molecule has 23 heavy (non-hydrogen) atoms. The summed E-state index contributed by atoms with van der Waals surface area (Å²) in [6.07, 6.45) is 3.87. The summed E-state index contributed by atoms with van der Waals surface area (Å²) in [6, 6.07) is 4.57. The first-order valence-corrected chi connectivity index (χ1v) is 8.17. The maximum absolute atomic E-state index is 12.0. The van der Waals surface area contributed by atoms with Crippen molar-refractivity contribution in [2.45, 2.75) is 24.0 Å². The third-order valence-electron chi connectivity index (χ3n) is 3.24. The molecule has 0 bridgehead atoms. The molecule has 1 aromatic heterocycles. The quantitative estimate of drug-likeness (QED) is 0.486. The van der Waals surface area contributed by atoms with Gasteiger partial charge < -0.3 is 9.88 Å². The van der Waals surface area contributed by atoms with Gasteiger partial charge in [0.15, 0.2) is 5.16 Å². The predicted molar refractivity (Wildman–Crippen MR) is 85.8 cm³/mol. The summed E-state index contributed by atoms with van der Waals surface area (Å²) in [4.78, 5) is 22.2. The van der Waals surface area contributed by atoms with Crippen LogP contribution in [-0.4, -0.2) is 31.3 Å². The number of benzene rings is 1. The van der Waals surface area contributed by atoms with E-state index in [1.165, 1.54) is 30.0 Å². The molecule has 0 radical (unpaired) electrons. The number of halogens is 1. The van der Waals surface area contributed by atoms with Crippen molar-refractivity contribution in [2.75, 3.05) is 11.1 Å². The van der Waals surface area contributed by atoms with Gasteiger partial charge in [0.25, 0.3) is 5.69 Å². The smallest absolute Gasteiger partial charge is 0.289 e. The fourth-order valence-corrected chi connectivity index (χ4v) is 2.97. The van der Waals surface area contributed by atoms with E-state index in [2.05, 4.69) is 15.5 Å². The first-order valence-electron chi connectivity index (χ1n) is 6.80. The molecule has 1 fully saturated rings. The van der Waals surface area contributed by atoms with Gasteiger partial charge in [-0.1, -0.05) is 23.4 Å². The van der Waals surface area contributed by atoms with Crippen molar-refractivity contribution >= 4 is 40.6 Å². The number of nitrogens with one attached hydrogen (secondary N) is 1. The van der Waals surface area contributed by atoms with Crippen molar-refractivity contribution in [3.05, 3.63) is 39.7 Å². The number of nitrogens with zero attached hydrogens (tertiary/aromatic N) is 4. The largest absolute Gasteiger partial charge is 0.325 e. The van der Waals surface area contributed by atoms with Crippen LogP contribution >= 0.6 is 23.4 Å². The standard InChI is InChI=1S/C13H12ClN5O3S/c14-10-4-1-8(5-11(10)19(21)22)16-12(20)6-23-13-17-15-7-18(13)9-2-3-9/h1,4-5,7,9H,2-3,6H2,(H,16,20). The van der Waals surface area contributed by atoms with E-state index in [4.69, 9.17) is 11.6 Å². The average molecular weight is 354 g/mol. The third-order valence-corrected chi connectivity index (χ3v) is 4.52. The molecule has 0 saturated heterocycles. The van der Waals surface area contributed by atoms with Crippen molar-refractivity contribution in [3.8, 4) is 0 Å². The van der Waals surface area contributed by atoms with Gasteiger partial charge in [-0.3, -0.25) is 14.9 Å². The Bertz CT molecular complexity index is 762. The van der Waals surface area contributed by atoms with Crippen molar-refractivity contribution < 1.29 is 9.72 Å². The molecule has 1 saturated carbocycles. The minimum absolute atomic E-state index is 0.0277. The van der Waals surface area contributed by atoms with E-state index in [1.807, 2.05) is 4.57 Å². The van der Waals surface area contributed by atoms with Gasteiger partial charge in [-0.05, 0) is 25.0 Å². The number of rotatable bonds is 6. The average Bonchev–Trinajstić information content (AvgIpc) is 3.25. The van der Waals surface area contributed by atoms with E-state index < -0.39 is 4.92 Å². The van der Waals surface area contributed by atoms with Gasteiger partial charge in [0.1, 0.15) is 11.3 Å². The van der Waals surface area contributed by atoms with E-state index in [9.17, 15) is 14.9 Å². The molecule has 1 aromatic carbocycles. The third kappa shape index (κ3) is 3.80. The Kier molecular flexibility index (Phi) is 4.49. The molecule has 1 aliphatic carbocycles. The van der Waals surface area contributed by atoms with Crippen LogP contribution < -0.4 is 5.32 Å². The van der Waals surface area contributed by atoms with E-state index in [0.29, 0.717) is 16.9 Å². The zero-order valence-corrected chi connectivity index (χ0v) is 13.4. The summed E-state index contributed by atoms with van der Waals surface area (Å²) in [6.45, 7) is 0. The van der Waals surface area contributed by atoms with E-state index >= 15 is 0 Å². The van der Waals surface area contributed by atoms with Crippen molar-refractivity contribution in [1.82, 2.24) is 14.8 Å². The van der Waals surface area contributed by atoms with Gasteiger partial charge in [0.05, 0.1) is 10.7 Å². The maximum atomic E-state index is 12.0. The van der Waals surface area contributed by atoms with Crippen molar-refractivity contribution in [2.24, 2.45) is 0 Å². The summed E-state index contributed by atoms with van der Waals surface area (Å²) in [5.74, 6) is -0.140. The molecule has 3 rings (SSSR count). The lowest BCUT2D eigenvalue weighted by Crippen LogP contribution is -2.14. The van der Waals surface area contributed by atoms with Crippen LogP contribution in [0.5, 0.6) is 0 Å². The van der Waals surface area contributed by atoms with Gasteiger partial charge in [0.2, 0.25) is 5.91 Å². The Hall–Kier alpha value is -2.13. The first-order chi connectivity index (χ1) is 11.0. The molecular weight excluding hydrogens is 342 g/mol. The lowest BCUT2D eigenvalue weighted by Gasteiger charge is -2.06. The molecule has 0 spiro atoms. The molecule has 2 aromatic rings. The summed E-state index contributed by atoms with van der Waals surface area (Å²) in [7, 11) is 0. The highest BCUT2D eigenvalue weighted by Gasteiger charge is 2.26. The Morgan fingerprint density at radius 1 is 1.52 bits per heavy atom. The van der Waals surface area contributed by atoms with Crippen LogP contribution in [0.15, 0.2) is 29.7 Å². The summed E-state index contributed by atoms with van der Waals surface area (Å²) >= 11 is 7.01. The Balaban J connectivity index is 1.60. The number of carbonyl (C=O) groups excluding carboxylic acids is 1. The van der Waals surface area contributed by atoms with Crippen LogP contribution in [0.3, 0.4) is 0 Å². The lowest BCUT2D eigenvalue weighted by molar-refractivity contribution is -0.384. The highest BCUT2D eigenvalue weighted by Crippen LogP contribution is 2.37. The van der Waals surface area contributed by atoms with Gasteiger partial charge in [-0.2, -0.15) is 0 Å². The number of anilines is 1. The highest BCUT2D eigenvalue weighted by atomic mass is 35.5. The number of hydrogen-bond acceptors (Lipinski definition) is 6. The molecule has 1 N–H and O–H groups in total. The van der Waals surface area contributed by atoms with Crippen molar-refractivity contribution in [3.63, 3.8) is 0 Å². The molecule has 0 atom stereocenters. The normalized spacial score (nSPS) is 13.8. The molecule has 120 valence electrons. The summed E-state index contributed by atoms with van der Waals surface area (Å²) in [5.41, 5.74) is 0.0842. The van der Waals surface area contributed by atoms with E-state index in [-0.39, 0.29) is 22.4 Å². The second-order valence-corrected chi connectivity index (χ2v) is 6.36. The summed E-state index contributed by atoms with van der Waals surface area (Å²) in [5, 5.41) is 22.0. The Labute approximate surface area is 140 Å². The second kappa shape index (κ2) is 6.55. The number of aromatic nitrogens is 3. The molecular formula is C13H12ClN5O3S. The number of nitro groups is 1. The van der Waals surface area contributed by atoms with Crippen LogP contribution in [0.2, 0.25) is 5.02 Å². The van der Waals surface area contributed by atoms with Crippen LogP contribution in [0.4, 0.5) is 11.4 Å². The number of amides is 1. The number of hydrogen-bond donors (Lipinski definition) is 1. The zero-order valence-electron chi connectivity index (χ0n) is 11.8. The predicted octanol–water partition coefficient (Wildman–Crippen LogP) is 2.91. The minimum atomic E-state index is -0.592. The van der Waals surface area contributed by atoms with Crippen molar-refractivity contribution in [1.29, 1.82) is 0 Å². The highest BCUT2D eigenvalue weighted by molar-refractivity contribution is 7.99. The van der Waals surface area contributed by atoms with E-state index in [1.54, 1.807) is 6.33 Å². The second-order valence-electron chi connectivity index (χ2n) is 5.01. The number of thioether (sulfide) groups is 1. The molecule has 0 aliphatic heterocycles. The molecule has 8 nitrogen and oxygen atoms in total. The molecule has 1 amide bonds. The van der Waals surface area contributed by atoms with Gasteiger partial charge in [-0.25, -0.2) is 0 Å². The SMILES string of the molecule is O=C(CSc1nncn1C1CC1)Nc1ccc(Cl)c([N+](=O)[O-])c1. The van der Waals surface area contributed by atoms with Crippen LogP contribution in [0.25, 0.3) is 0 Å². The molecule has 1 heterocycles. The van der Waals surface area contributed by atoms with Gasteiger partial charge >= 0.3 is 0 Å². The minimum Gasteiger partial charge on any atom is -0.325 e. The van der Waals surface area contributed by atoms with Crippen LogP contribution in [-0.2, 0) is 4.79 Å². The van der Waals surface area contributed by atoms with Gasteiger partial charge in [-0.15, -0.1) is 10.2 Å². The fraction of sp³-hybridized carbons (Fsp3) is 0.308. The Morgan fingerprint density at radius 3 is 3.00 bits per heavy atom. The first kappa shape index (κ1) is 15.8. The Morgan fingerprint density at radius 2 is 2.30 bits per heavy atom. The summed E-state index contributed by atoms with van der Waals surface area (Å²) < 4.78 is 1.96. The van der Waals surface area contributed by atoms with E-state index in [0.717, 1.165) is 12.8 Å². The lowest BCUT2D eigenvalue weighted by atomic mass is 10.3. The molecule has 10 heteroatoms. The number of carbonyl (C=O) groups is 1. The monoisotopic (exact) mass is 353 g/mol. The zero-order chi connectivity index (χ0) is 16.4. The topological polar surface area (TPSA) is 103 Å². The van der Waals surface area contributed by atoms with Crippen LogP contribution in [0.1, 0.15) is 18.9 Å².